The second kappa shape index (κ2) is 9.48. The smallest absolute Gasteiger partial charge is 0.236 e. The van der Waals surface area contributed by atoms with Gasteiger partial charge in [0.05, 0.1) is 11.1 Å². The second-order valence-corrected chi connectivity index (χ2v) is 11.5. The summed E-state index contributed by atoms with van der Waals surface area (Å²) in [6, 6.07) is 27.0. The first-order valence-corrected chi connectivity index (χ1v) is 14.3. The molecule has 0 unspecified atom stereocenters. The van der Waals surface area contributed by atoms with Crippen molar-refractivity contribution in [3.05, 3.63) is 106 Å². The van der Waals surface area contributed by atoms with E-state index < -0.39 is 5.41 Å². The van der Waals surface area contributed by atoms with E-state index in [1.165, 1.54) is 11.3 Å². The number of amides is 1. The molecule has 2 aliphatic rings. The lowest BCUT2D eigenvalue weighted by Gasteiger charge is -2.15. The maximum Gasteiger partial charge on any atom is 0.236 e. The molecule has 1 aliphatic carbocycles. The van der Waals surface area contributed by atoms with E-state index in [2.05, 4.69) is 11.4 Å². The van der Waals surface area contributed by atoms with Crippen molar-refractivity contribution in [2.45, 2.75) is 18.3 Å². The van der Waals surface area contributed by atoms with E-state index in [-0.39, 0.29) is 18.5 Å². The van der Waals surface area contributed by atoms with E-state index in [1.54, 1.807) is 11.3 Å². The zero-order chi connectivity index (χ0) is 26.4. The molecular weight excluding hydrogens is 528 g/mol. The highest BCUT2D eigenvalue weighted by Gasteiger charge is 2.52. The summed E-state index contributed by atoms with van der Waals surface area (Å²) in [6.07, 6.45) is 1.47. The van der Waals surface area contributed by atoms with Crippen LogP contribution in [0.3, 0.4) is 0 Å². The number of aromatic nitrogens is 1. The molecule has 0 spiro atoms. The van der Waals surface area contributed by atoms with Crippen molar-refractivity contribution in [2.75, 3.05) is 12.1 Å². The zero-order valence-electron chi connectivity index (χ0n) is 20.7. The molecule has 0 atom stereocenters. The van der Waals surface area contributed by atoms with Crippen LogP contribution < -0.4 is 14.8 Å². The lowest BCUT2D eigenvalue weighted by molar-refractivity contribution is -0.118. The Balaban J connectivity index is 1.19. The molecule has 7 rings (SSSR count). The number of nitrogens with one attached hydrogen (secondary N) is 1. The molecule has 1 N–H and O–H groups in total. The van der Waals surface area contributed by atoms with Gasteiger partial charge < -0.3 is 14.8 Å². The number of carbonyl (C=O) groups is 2. The van der Waals surface area contributed by atoms with E-state index in [4.69, 9.17) is 14.5 Å². The van der Waals surface area contributed by atoms with E-state index in [1.807, 2.05) is 84.2 Å². The molecule has 39 heavy (non-hydrogen) atoms. The van der Waals surface area contributed by atoms with Crippen LogP contribution in [-0.2, 0) is 10.2 Å². The second-order valence-electron chi connectivity index (χ2n) is 9.55. The molecule has 1 aliphatic heterocycles. The summed E-state index contributed by atoms with van der Waals surface area (Å²) in [5.41, 5.74) is 3.29. The Morgan fingerprint density at radius 3 is 2.38 bits per heavy atom. The van der Waals surface area contributed by atoms with Crippen LogP contribution in [0.15, 0.2) is 90.3 Å². The Labute approximate surface area is 232 Å². The first-order valence-electron chi connectivity index (χ1n) is 12.6. The van der Waals surface area contributed by atoms with Crippen molar-refractivity contribution in [3.63, 3.8) is 0 Å². The molecule has 5 aromatic rings. The number of carbonyl (C=O) groups excluding carboxylic acids is 2. The number of rotatable bonds is 7. The fourth-order valence-electron chi connectivity index (χ4n) is 4.86. The van der Waals surface area contributed by atoms with Gasteiger partial charge >= 0.3 is 0 Å². The average Bonchev–Trinajstić information content (AvgIpc) is 3.32. The third-order valence-corrected chi connectivity index (χ3v) is 9.05. The van der Waals surface area contributed by atoms with Crippen LogP contribution in [0.4, 0.5) is 5.13 Å². The highest BCUT2D eigenvalue weighted by Crippen LogP contribution is 2.51. The number of benzene rings is 3. The van der Waals surface area contributed by atoms with Crippen LogP contribution in [0.5, 0.6) is 11.5 Å². The highest BCUT2D eigenvalue weighted by atomic mass is 32.1. The third-order valence-electron chi connectivity index (χ3n) is 7.16. The van der Waals surface area contributed by atoms with Crippen LogP contribution in [0.25, 0.3) is 21.7 Å². The van der Waals surface area contributed by atoms with Gasteiger partial charge in [-0.15, -0.1) is 11.3 Å². The summed E-state index contributed by atoms with van der Waals surface area (Å²) in [5, 5.41) is 5.46. The number of thiazole rings is 1. The molecule has 3 heterocycles. The molecule has 6 nitrogen and oxygen atoms in total. The summed E-state index contributed by atoms with van der Waals surface area (Å²) < 4.78 is 10.9. The van der Waals surface area contributed by atoms with Gasteiger partial charge in [0, 0.05) is 16.0 Å². The van der Waals surface area contributed by atoms with Gasteiger partial charge in [-0.25, -0.2) is 4.98 Å². The number of fused-ring (bicyclic) bond motifs is 1. The molecule has 0 bridgehead atoms. The molecule has 2 aromatic heterocycles. The number of hydrogen-bond donors (Lipinski definition) is 1. The lowest BCUT2D eigenvalue weighted by atomic mass is 9.94. The maximum absolute atomic E-state index is 13.7. The highest BCUT2D eigenvalue weighted by molar-refractivity contribution is 7.18. The largest absolute Gasteiger partial charge is 0.454 e. The molecule has 192 valence electrons. The fraction of sp³-hybridized carbons (Fsp3) is 0.129. The van der Waals surface area contributed by atoms with Gasteiger partial charge in [0.2, 0.25) is 18.5 Å². The molecule has 1 fully saturated rings. The molecular formula is C31H22N2O4S2. The molecule has 0 saturated heterocycles. The van der Waals surface area contributed by atoms with Crippen molar-refractivity contribution in [1.82, 2.24) is 4.98 Å². The van der Waals surface area contributed by atoms with Gasteiger partial charge in [0.25, 0.3) is 0 Å². The van der Waals surface area contributed by atoms with E-state index in [0.717, 1.165) is 34.4 Å². The minimum absolute atomic E-state index is 0.124. The quantitative estimate of drug-likeness (QED) is 0.217. The molecule has 3 aromatic carbocycles. The predicted molar refractivity (Wildman–Crippen MR) is 153 cm³/mol. The monoisotopic (exact) mass is 550 g/mol. The summed E-state index contributed by atoms with van der Waals surface area (Å²) in [4.78, 5) is 33.6. The minimum atomic E-state index is -0.638. The van der Waals surface area contributed by atoms with Gasteiger partial charge in [0.15, 0.2) is 16.6 Å². The van der Waals surface area contributed by atoms with E-state index in [0.29, 0.717) is 32.8 Å². The standard InChI is InChI=1S/C31H22N2O4S2/c34-27(21-10-8-19(9-11-21)25-7-4-16-38-25)28-26(20-5-2-1-3-6-20)32-30(39-28)33-29(35)31(14-15-31)22-12-13-23-24(17-22)37-18-36-23/h1-13,16-17H,14-15,18H2,(H,32,33,35). The summed E-state index contributed by atoms with van der Waals surface area (Å²) in [7, 11) is 0. The molecule has 1 saturated carbocycles. The zero-order valence-corrected chi connectivity index (χ0v) is 22.3. The van der Waals surface area contributed by atoms with Crippen molar-refractivity contribution in [2.24, 2.45) is 0 Å². The normalized spacial score (nSPS) is 14.7. The Morgan fingerprint density at radius 1 is 0.846 bits per heavy atom. The number of ketones is 1. The fourth-order valence-corrected chi connectivity index (χ4v) is 6.54. The van der Waals surface area contributed by atoms with Crippen molar-refractivity contribution in [3.8, 4) is 33.2 Å². The number of hydrogen-bond acceptors (Lipinski definition) is 7. The number of anilines is 1. The summed E-state index contributed by atoms with van der Waals surface area (Å²) in [5.74, 6) is 1.09. The maximum atomic E-state index is 13.7. The molecule has 8 heteroatoms. The number of ether oxygens (including phenoxy) is 2. The van der Waals surface area contributed by atoms with Gasteiger partial charge in [-0.3, -0.25) is 9.59 Å². The Morgan fingerprint density at radius 2 is 1.64 bits per heavy atom. The first-order chi connectivity index (χ1) is 19.1. The lowest BCUT2D eigenvalue weighted by Crippen LogP contribution is -2.27. The van der Waals surface area contributed by atoms with Crippen LogP contribution in [-0.4, -0.2) is 23.5 Å². The van der Waals surface area contributed by atoms with Crippen molar-refractivity contribution < 1.29 is 19.1 Å². The van der Waals surface area contributed by atoms with E-state index in [9.17, 15) is 9.59 Å². The average molecular weight is 551 g/mol. The van der Waals surface area contributed by atoms with Crippen molar-refractivity contribution in [1.29, 1.82) is 0 Å². The van der Waals surface area contributed by atoms with Crippen molar-refractivity contribution >= 4 is 39.5 Å². The third kappa shape index (κ3) is 4.31. The minimum Gasteiger partial charge on any atom is -0.454 e. The Bertz CT molecular complexity index is 1690. The topological polar surface area (TPSA) is 77.5 Å². The predicted octanol–water partition coefficient (Wildman–Crippen LogP) is 7.17. The summed E-state index contributed by atoms with van der Waals surface area (Å²) >= 11 is 2.87. The SMILES string of the molecule is O=C(c1ccc(-c2cccs2)cc1)c1sc(NC(=O)C2(c3ccc4c(c3)OCO4)CC2)nc1-c1ccccc1. The van der Waals surface area contributed by atoms with Crippen LogP contribution >= 0.6 is 22.7 Å². The van der Waals surface area contributed by atoms with Gasteiger partial charge in [-0.2, -0.15) is 0 Å². The van der Waals surface area contributed by atoms with Crippen LogP contribution in [0, 0.1) is 0 Å². The van der Waals surface area contributed by atoms with Gasteiger partial charge in [-0.1, -0.05) is 78.1 Å². The number of thiophene rings is 1. The first kappa shape index (κ1) is 23.8. The van der Waals surface area contributed by atoms with Gasteiger partial charge in [-0.05, 0) is 47.5 Å². The molecule has 0 radical (unpaired) electrons. The van der Waals surface area contributed by atoms with Gasteiger partial charge in [0.1, 0.15) is 4.88 Å². The molecule has 1 amide bonds. The van der Waals surface area contributed by atoms with Crippen LogP contribution in [0.1, 0.15) is 33.6 Å². The number of nitrogens with zero attached hydrogens (tertiary/aromatic N) is 1. The van der Waals surface area contributed by atoms with E-state index >= 15 is 0 Å². The Kier molecular flexibility index (Phi) is 5.79. The summed E-state index contributed by atoms with van der Waals surface area (Å²) in [6.45, 7) is 0.187. The Hall–Kier alpha value is -4.27. The van der Waals surface area contributed by atoms with Crippen LogP contribution in [0.2, 0.25) is 0 Å².